The Labute approximate surface area is 113 Å². The van der Waals surface area contributed by atoms with Gasteiger partial charge in [0.15, 0.2) is 0 Å². The van der Waals surface area contributed by atoms with E-state index in [9.17, 15) is 9.59 Å². The maximum atomic E-state index is 11.8. The topological polar surface area (TPSA) is 73.2 Å². The zero-order valence-electron chi connectivity index (χ0n) is 12.1. The number of aromatic nitrogens is 2. The van der Waals surface area contributed by atoms with Gasteiger partial charge in [-0.1, -0.05) is 27.7 Å². The minimum Gasteiger partial charge on any atom is -0.448 e. The Bertz CT molecular complexity index is 472. The molecule has 106 valence electrons. The van der Waals surface area contributed by atoms with Gasteiger partial charge in [-0.05, 0) is 6.92 Å². The fourth-order valence-electron chi connectivity index (χ4n) is 1.39. The zero-order chi connectivity index (χ0) is 14.6. The molecule has 0 fully saturated rings. The number of hydrogen-bond acceptors (Lipinski definition) is 4. The molecule has 0 atom stereocenters. The largest absolute Gasteiger partial charge is 0.448 e. The minimum atomic E-state index is -0.593. The molecule has 0 spiro atoms. The lowest BCUT2D eigenvalue weighted by Gasteiger charge is -2.13. The van der Waals surface area contributed by atoms with E-state index in [-0.39, 0.29) is 17.9 Å². The molecule has 0 saturated heterocycles. The van der Waals surface area contributed by atoms with Crippen LogP contribution in [0, 0.1) is 0 Å². The number of anilines is 1. The van der Waals surface area contributed by atoms with Gasteiger partial charge >= 0.3 is 6.09 Å². The van der Waals surface area contributed by atoms with Gasteiger partial charge in [-0.25, -0.2) is 4.79 Å². The maximum absolute atomic E-state index is 11.8. The van der Waals surface area contributed by atoms with Crippen LogP contribution < -0.4 is 5.32 Å². The summed E-state index contributed by atoms with van der Waals surface area (Å²) < 4.78 is 6.01. The van der Waals surface area contributed by atoms with Crippen LogP contribution in [0.2, 0.25) is 0 Å². The molecular formula is C13H21N3O3. The SMILES string of the molecule is CCOC(=O)n1nc(C(C)(C)C)cc1NC(=O)CC. The van der Waals surface area contributed by atoms with Crippen LogP contribution in [0.4, 0.5) is 10.6 Å². The van der Waals surface area contributed by atoms with Crippen molar-refractivity contribution in [3.63, 3.8) is 0 Å². The van der Waals surface area contributed by atoms with E-state index in [1.807, 2.05) is 20.8 Å². The van der Waals surface area contributed by atoms with Crippen molar-refractivity contribution in [3.8, 4) is 0 Å². The predicted octanol–water partition coefficient (Wildman–Crippen LogP) is 2.53. The molecule has 1 aromatic rings. The molecule has 0 unspecified atom stereocenters. The predicted molar refractivity (Wildman–Crippen MR) is 72.3 cm³/mol. The summed E-state index contributed by atoms with van der Waals surface area (Å²) in [5, 5.41) is 6.87. The van der Waals surface area contributed by atoms with Gasteiger partial charge in [0.1, 0.15) is 5.82 Å². The number of carbonyl (C=O) groups is 2. The summed E-state index contributed by atoms with van der Waals surface area (Å²) in [6.07, 6.45) is -0.261. The van der Waals surface area contributed by atoms with Crippen molar-refractivity contribution >= 4 is 17.8 Å². The van der Waals surface area contributed by atoms with Crippen molar-refractivity contribution in [2.75, 3.05) is 11.9 Å². The lowest BCUT2D eigenvalue weighted by molar-refractivity contribution is -0.115. The van der Waals surface area contributed by atoms with Crippen molar-refractivity contribution < 1.29 is 14.3 Å². The normalized spacial score (nSPS) is 11.2. The third-order valence-corrected chi connectivity index (χ3v) is 2.51. The number of hydrogen-bond donors (Lipinski definition) is 1. The third kappa shape index (κ3) is 3.81. The molecular weight excluding hydrogens is 246 g/mol. The van der Waals surface area contributed by atoms with Crippen LogP contribution in [0.5, 0.6) is 0 Å². The van der Waals surface area contributed by atoms with E-state index < -0.39 is 6.09 Å². The summed E-state index contributed by atoms with van der Waals surface area (Å²) in [7, 11) is 0. The Morgan fingerprint density at radius 3 is 2.47 bits per heavy atom. The summed E-state index contributed by atoms with van der Waals surface area (Å²) in [5.74, 6) is 0.168. The second kappa shape index (κ2) is 5.86. The molecule has 6 heteroatoms. The Hall–Kier alpha value is -1.85. The Morgan fingerprint density at radius 2 is 2.00 bits per heavy atom. The molecule has 1 amide bonds. The lowest BCUT2D eigenvalue weighted by Crippen LogP contribution is -2.21. The van der Waals surface area contributed by atoms with Gasteiger partial charge in [-0.15, -0.1) is 4.68 Å². The van der Waals surface area contributed by atoms with Gasteiger partial charge < -0.3 is 10.1 Å². The standard InChI is InChI=1S/C13H21N3O3/c1-6-11(17)14-10-8-9(13(3,4)5)15-16(10)12(18)19-7-2/h8H,6-7H2,1-5H3,(H,14,17). The highest BCUT2D eigenvalue weighted by Gasteiger charge is 2.23. The highest BCUT2D eigenvalue weighted by atomic mass is 16.6. The second-order valence-corrected chi connectivity index (χ2v) is 5.18. The van der Waals surface area contributed by atoms with E-state index >= 15 is 0 Å². The van der Waals surface area contributed by atoms with E-state index in [4.69, 9.17) is 4.74 Å². The first-order chi connectivity index (χ1) is 8.79. The van der Waals surface area contributed by atoms with Gasteiger partial charge in [0, 0.05) is 17.9 Å². The molecule has 0 aliphatic heterocycles. The van der Waals surface area contributed by atoms with E-state index in [0.29, 0.717) is 17.9 Å². The van der Waals surface area contributed by atoms with Gasteiger partial charge in [0.05, 0.1) is 12.3 Å². The molecule has 0 aliphatic carbocycles. The molecule has 6 nitrogen and oxygen atoms in total. The number of ether oxygens (including phenoxy) is 1. The molecule has 0 bridgehead atoms. The molecule has 0 aromatic carbocycles. The first-order valence-electron chi connectivity index (χ1n) is 6.37. The van der Waals surface area contributed by atoms with Crippen molar-refractivity contribution in [1.82, 2.24) is 9.78 Å². The van der Waals surface area contributed by atoms with Crippen molar-refractivity contribution in [3.05, 3.63) is 11.8 Å². The average Bonchev–Trinajstić information content (AvgIpc) is 2.73. The highest BCUT2D eigenvalue weighted by molar-refractivity contribution is 5.91. The van der Waals surface area contributed by atoms with Crippen LogP contribution in [0.25, 0.3) is 0 Å². The number of rotatable bonds is 3. The van der Waals surface area contributed by atoms with E-state index in [1.54, 1.807) is 19.9 Å². The summed E-state index contributed by atoms with van der Waals surface area (Å²) in [6.45, 7) is 9.66. The summed E-state index contributed by atoms with van der Waals surface area (Å²) in [6, 6.07) is 1.70. The fraction of sp³-hybridized carbons (Fsp3) is 0.615. The summed E-state index contributed by atoms with van der Waals surface area (Å²) in [4.78, 5) is 23.3. The van der Waals surface area contributed by atoms with Crippen LogP contribution >= 0.6 is 0 Å². The van der Waals surface area contributed by atoms with Crippen LogP contribution in [-0.2, 0) is 14.9 Å². The maximum Gasteiger partial charge on any atom is 0.436 e. The van der Waals surface area contributed by atoms with Gasteiger partial charge in [-0.3, -0.25) is 4.79 Å². The van der Waals surface area contributed by atoms with E-state index in [2.05, 4.69) is 10.4 Å². The van der Waals surface area contributed by atoms with Crippen molar-refractivity contribution in [1.29, 1.82) is 0 Å². The zero-order valence-corrected chi connectivity index (χ0v) is 12.1. The molecule has 0 saturated carbocycles. The molecule has 0 radical (unpaired) electrons. The first-order valence-corrected chi connectivity index (χ1v) is 6.37. The van der Waals surface area contributed by atoms with Gasteiger partial charge in [0.25, 0.3) is 0 Å². The number of nitrogens with zero attached hydrogens (tertiary/aromatic N) is 2. The Kier molecular flexibility index (Phi) is 4.69. The summed E-state index contributed by atoms with van der Waals surface area (Å²) in [5.41, 5.74) is 0.496. The monoisotopic (exact) mass is 267 g/mol. The Morgan fingerprint density at radius 1 is 1.37 bits per heavy atom. The average molecular weight is 267 g/mol. The second-order valence-electron chi connectivity index (χ2n) is 5.18. The number of nitrogens with one attached hydrogen (secondary N) is 1. The quantitative estimate of drug-likeness (QED) is 0.913. The molecule has 1 rings (SSSR count). The molecule has 1 heterocycles. The first kappa shape index (κ1) is 15.2. The van der Waals surface area contributed by atoms with Crippen LogP contribution in [0.15, 0.2) is 6.07 Å². The smallest absolute Gasteiger partial charge is 0.436 e. The summed E-state index contributed by atoms with van der Waals surface area (Å²) >= 11 is 0. The van der Waals surface area contributed by atoms with Crippen LogP contribution in [-0.4, -0.2) is 28.4 Å². The molecule has 19 heavy (non-hydrogen) atoms. The fourth-order valence-corrected chi connectivity index (χ4v) is 1.39. The lowest BCUT2D eigenvalue weighted by atomic mass is 9.92. The molecule has 1 aromatic heterocycles. The van der Waals surface area contributed by atoms with E-state index in [1.165, 1.54) is 0 Å². The third-order valence-electron chi connectivity index (χ3n) is 2.51. The van der Waals surface area contributed by atoms with Gasteiger partial charge in [-0.2, -0.15) is 5.10 Å². The Balaban J connectivity index is 3.14. The van der Waals surface area contributed by atoms with E-state index in [0.717, 1.165) is 4.68 Å². The van der Waals surface area contributed by atoms with Gasteiger partial charge in [0.2, 0.25) is 5.91 Å². The number of amides is 1. The molecule has 0 aliphatic rings. The van der Waals surface area contributed by atoms with Crippen molar-refractivity contribution in [2.45, 2.75) is 46.5 Å². The highest BCUT2D eigenvalue weighted by Crippen LogP contribution is 2.24. The van der Waals surface area contributed by atoms with Crippen LogP contribution in [0.3, 0.4) is 0 Å². The minimum absolute atomic E-state index is 0.175. The number of carbonyl (C=O) groups excluding carboxylic acids is 2. The van der Waals surface area contributed by atoms with Crippen molar-refractivity contribution in [2.24, 2.45) is 0 Å². The van der Waals surface area contributed by atoms with Crippen LogP contribution in [0.1, 0.15) is 46.7 Å². The molecule has 1 N–H and O–H groups in total.